The normalized spacial score (nSPS) is 16.5. The Bertz CT molecular complexity index is 631. The number of hydrogen-bond acceptors (Lipinski definition) is 4. The van der Waals surface area contributed by atoms with Gasteiger partial charge in [0.15, 0.2) is 5.11 Å². The zero-order chi connectivity index (χ0) is 18.3. The predicted molar refractivity (Wildman–Crippen MR) is 99.0 cm³/mol. The van der Waals surface area contributed by atoms with Crippen LogP contribution in [0.25, 0.3) is 0 Å². The van der Waals surface area contributed by atoms with E-state index >= 15 is 0 Å². The SMILES string of the molecule is C=CC(/C=C/C=C1C(=O)N(CC)C(=S)N(CC)C1=O)=C(\C=C)OC. The fourth-order valence-electron chi connectivity index (χ4n) is 2.22. The molecule has 0 spiro atoms. The van der Waals surface area contributed by atoms with E-state index in [-0.39, 0.29) is 22.5 Å². The highest BCUT2D eigenvalue weighted by atomic mass is 32.1. The quantitative estimate of drug-likeness (QED) is 0.234. The number of likely N-dealkylation sites (N-methyl/N-ethyl adjacent to an activating group) is 2. The molecule has 1 rings (SSSR count). The lowest BCUT2D eigenvalue weighted by molar-refractivity contribution is -0.133. The maximum Gasteiger partial charge on any atom is 0.265 e. The second-order valence-electron chi connectivity index (χ2n) is 4.75. The summed E-state index contributed by atoms with van der Waals surface area (Å²) in [5.74, 6) is -0.226. The number of carbonyl (C=O) groups excluding carboxylic acids is 2. The molecule has 1 saturated heterocycles. The lowest BCUT2D eigenvalue weighted by Gasteiger charge is -2.35. The Morgan fingerprint density at radius 3 is 2.04 bits per heavy atom. The van der Waals surface area contributed by atoms with Crippen molar-refractivity contribution < 1.29 is 14.3 Å². The van der Waals surface area contributed by atoms with E-state index in [0.29, 0.717) is 24.4 Å². The van der Waals surface area contributed by atoms with E-state index in [0.717, 1.165) is 0 Å². The highest BCUT2D eigenvalue weighted by Crippen LogP contribution is 2.18. The van der Waals surface area contributed by atoms with Gasteiger partial charge in [-0.3, -0.25) is 19.4 Å². The van der Waals surface area contributed by atoms with Crippen molar-refractivity contribution >= 4 is 29.1 Å². The predicted octanol–water partition coefficient (Wildman–Crippen LogP) is 2.74. The molecule has 5 nitrogen and oxygen atoms in total. The first-order chi connectivity index (χ1) is 11.5. The summed E-state index contributed by atoms with van der Waals surface area (Å²) in [6, 6.07) is 0. The molecule has 0 saturated carbocycles. The molecule has 1 aliphatic heterocycles. The van der Waals surface area contributed by atoms with Gasteiger partial charge in [0.2, 0.25) is 0 Å². The smallest absolute Gasteiger partial charge is 0.265 e. The summed E-state index contributed by atoms with van der Waals surface area (Å²) >= 11 is 5.21. The van der Waals surface area contributed by atoms with Crippen LogP contribution in [0, 0.1) is 0 Å². The Morgan fingerprint density at radius 2 is 1.67 bits per heavy atom. The number of nitrogens with zero attached hydrogens (tertiary/aromatic N) is 2. The van der Waals surface area contributed by atoms with Crippen LogP contribution in [-0.2, 0) is 14.3 Å². The Balaban J connectivity index is 3.22. The third-order valence-electron chi connectivity index (χ3n) is 3.49. The average molecular weight is 346 g/mol. The van der Waals surface area contributed by atoms with Crippen molar-refractivity contribution in [1.82, 2.24) is 9.80 Å². The zero-order valence-corrected chi connectivity index (χ0v) is 15.1. The van der Waals surface area contributed by atoms with Crippen molar-refractivity contribution in [3.8, 4) is 0 Å². The molecule has 128 valence electrons. The van der Waals surface area contributed by atoms with Gasteiger partial charge in [-0.25, -0.2) is 0 Å². The van der Waals surface area contributed by atoms with Crippen LogP contribution >= 0.6 is 12.2 Å². The molecule has 1 heterocycles. The van der Waals surface area contributed by atoms with E-state index in [1.165, 1.54) is 23.0 Å². The lowest BCUT2D eigenvalue weighted by atomic mass is 10.1. The minimum Gasteiger partial charge on any atom is -0.496 e. The fraction of sp³-hybridized carbons (Fsp3) is 0.278. The molecule has 0 N–H and O–H groups in total. The second kappa shape index (κ2) is 8.98. The van der Waals surface area contributed by atoms with Crippen molar-refractivity contribution in [2.24, 2.45) is 0 Å². The summed E-state index contributed by atoms with van der Waals surface area (Å²) in [7, 11) is 1.53. The Morgan fingerprint density at radius 1 is 1.12 bits per heavy atom. The molecule has 1 aliphatic rings. The Labute approximate surface area is 148 Å². The van der Waals surface area contributed by atoms with Gasteiger partial charge in [-0.05, 0) is 38.2 Å². The minimum absolute atomic E-state index is 0.0736. The first-order valence-electron chi connectivity index (χ1n) is 7.55. The molecular formula is C18H22N2O3S. The molecule has 0 atom stereocenters. The second-order valence-corrected chi connectivity index (χ2v) is 5.12. The topological polar surface area (TPSA) is 49.9 Å². The van der Waals surface area contributed by atoms with Crippen LogP contribution in [0.1, 0.15) is 13.8 Å². The van der Waals surface area contributed by atoms with Crippen molar-refractivity contribution in [2.45, 2.75) is 13.8 Å². The molecule has 1 fully saturated rings. The number of hydrogen-bond donors (Lipinski definition) is 0. The number of methoxy groups -OCH3 is 1. The van der Waals surface area contributed by atoms with E-state index in [4.69, 9.17) is 17.0 Å². The fourth-order valence-corrected chi connectivity index (χ4v) is 2.64. The molecule has 0 bridgehead atoms. The number of thiocarbonyl (C=S) groups is 1. The van der Waals surface area contributed by atoms with Crippen LogP contribution in [0.2, 0.25) is 0 Å². The van der Waals surface area contributed by atoms with Gasteiger partial charge in [-0.2, -0.15) is 0 Å². The molecular weight excluding hydrogens is 324 g/mol. The molecule has 0 radical (unpaired) electrons. The van der Waals surface area contributed by atoms with Gasteiger partial charge in [0.05, 0.1) is 7.11 Å². The number of allylic oxidation sites excluding steroid dienone is 6. The highest BCUT2D eigenvalue weighted by Gasteiger charge is 2.37. The molecule has 0 aromatic rings. The maximum atomic E-state index is 12.4. The molecule has 6 heteroatoms. The van der Waals surface area contributed by atoms with Crippen LogP contribution < -0.4 is 0 Å². The van der Waals surface area contributed by atoms with Gasteiger partial charge in [-0.1, -0.05) is 31.4 Å². The van der Waals surface area contributed by atoms with E-state index in [9.17, 15) is 9.59 Å². The van der Waals surface area contributed by atoms with Crippen LogP contribution in [0.3, 0.4) is 0 Å². The van der Waals surface area contributed by atoms with Crippen molar-refractivity contribution in [2.75, 3.05) is 20.2 Å². The summed E-state index contributed by atoms with van der Waals surface area (Å²) in [4.78, 5) is 27.7. The third-order valence-corrected chi connectivity index (χ3v) is 3.93. The van der Waals surface area contributed by atoms with Gasteiger partial charge in [-0.15, -0.1) is 0 Å². The van der Waals surface area contributed by atoms with E-state index in [2.05, 4.69) is 13.2 Å². The summed E-state index contributed by atoms with van der Waals surface area (Å²) in [6.07, 6.45) is 7.95. The Kier molecular flexibility index (Phi) is 7.32. The van der Waals surface area contributed by atoms with Crippen molar-refractivity contribution in [3.05, 3.63) is 60.4 Å². The first kappa shape index (κ1) is 19.6. The number of amides is 2. The maximum absolute atomic E-state index is 12.4. The van der Waals surface area contributed by atoms with E-state index in [1.54, 1.807) is 24.3 Å². The highest BCUT2D eigenvalue weighted by molar-refractivity contribution is 7.80. The van der Waals surface area contributed by atoms with Crippen molar-refractivity contribution in [3.63, 3.8) is 0 Å². The van der Waals surface area contributed by atoms with E-state index in [1.807, 2.05) is 13.8 Å². The summed E-state index contributed by atoms with van der Waals surface area (Å²) < 4.78 is 5.17. The van der Waals surface area contributed by atoms with Gasteiger partial charge in [0.25, 0.3) is 11.8 Å². The van der Waals surface area contributed by atoms with Crippen LogP contribution in [0.4, 0.5) is 0 Å². The lowest BCUT2D eigenvalue weighted by Crippen LogP contribution is -2.55. The summed E-state index contributed by atoms with van der Waals surface area (Å²) in [6.45, 7) is 11.8. The molecule has 24 heavy (non-hydrogen) atoms. The molecule has 0 aliphatic carbocycles. The molecule has 2 amide bonds. The van der Waals surface area contributed by atoms with Crippen molar-refractivity contribution in [1.29, 1.82) is 0 Å². The van der Waals surface area contributed by atoms with Gasteiger partial charge < -0.3 is 4.74 Å². The number of ether oxygens (including phenoxy) is 1. The average Bonchev–Trinajstić information content (AvgIpc) is 2.57. The minimum atomic E-state index is -0.387. The van der Waals surface area contributed by atoms with Gasteiger partial charge in [0.1, 0.15) is 11.3 Å². The first-order valence-corrected chi connectivity index (χ1v) is 7.96. The largest absolute Gasteiger partial charge is 0.496 e. The number of carbonyl (C=O) groups is 2. The monoisotopic (exact) mass is 346 g/mol. The van der Waals surface area contributed by atoms with E-state index < -0.39 is 0 Å². The summed E-state index contributed by atoms with van der Waals surface area (Å²) in [5.41, 5.74) is 0.764. The van der Waals surface area contributed by atoms with Gasteiger partial charge >= 0.3 is 0 Å². The van der Waals surface area contributed by atoms with Gasteiger partial charge in [0, 0.05) is 18.7 Å². The molecule has 0 aromatic heterocycles. The summed E-state index contributed by atoms with van der Waals surface area (Å²) in [5, 5.41) is 0.246. The molecule has 0 aromatic carbocycles. The zero-order valence-electron chi connectivity index (χ0n) is 14.2. The van der Waals surface area contributed by atoms with Crippen LogP contribution in [-0.4, -0.2) is 46.9 Å². The Hall–Kier alpha value is -2.47. The van der Waals surface area contributed by atoms with Crippen LogP contribution in [0.5, 0.6) is 0 Å². The van der Waals surface area contributed by atoms with Crippen LogP contribution in [0.15, 0.2) is 60.4 Å². The third kappa shape index (κ3) is 3.89. The molecule has 0 unspecified atom stereocenters. The number of rotatable bonds is 7. The standard InChI is InChI=1S/C18H22N2O3S/c1-6-13(15(7-2)23-5)11-10-12-14-16(21)19(8-3)18(24)20(9-4)17(14)22/h6-7,10-12H,1-2,8-9H2,3-5H3/b11-10+,15-13-.